The highest BCUT2D eigenvalue weighted by Crippen LogP contribution is 2.67. The number of carbonyl (C=O) groups excluding carboxylic acids is 1. The largest absolute Gasteiger partial charge is 0.303 e. The molecule has 0 N–H and O–H groups in total. The van der Waals surface area contributed by atoms with Gasteiger partial charge in [-0.25, -0.2) is 0 Å². The molecule has 0 heterocycles. The summed E-state index contributed by atoms with van der Waals surface area (Å²) in [6.07, 6.45) is 4.94. The van der Waals surface area contributed by atoms with Crippen molar-refractivity contribution in [2.75, 3.05) is 0 Å². The molecule has 0 saturated heterocycles. The van der Waals surface area contributed by atoms with Gasteiger partial charge in [-0.05, 0) is 36.0 Å². The quantitative estimate of drug-likeness (QED) is 0.547. The molecule has 3 atom stereocenters. The zero-order valence-electron chi connectivity index (χ0n) is 8.26. The maximum atomic E-state index is 10.9. The van der Waals surface area contributed by atoms with Crippen LogP contribution in [0.2, 0.25) is 0 Å². The summed E-state index contributed by atoms with van der Waals surface area (Å²) in [6, 6.07) is 0. The number of aldehydes is 1. The summed E-state index contributed by atoms with van der Waals surface area (Å²) in [7, 11) is 0. The van der Waals surface area contributed by atoms with Crippen LogP contribution in [0.1, 0.15) is 40.0 Å². The molecule has 0 amide bonds. The van der Waals surface area contributed by atoms with Gasteiger partial charge in [0, 0.05) is 5.92 Å². The van der Waals surface area contributed by atoms with E-state index in [9.17, 15) is 4.79 Å². The third kappa shape index (κ3) is 0.681. The van der Waals surface area contributed by atoms with Gasteiger partial charge < -0.3 is 4.79 Å². The van der Waals surface area contributed by atoms with Gasteiger partial charge in [-0.2, -0.15) is 0 Å². The van der Waals surface area contributed by atoms with Crippen LogP contribution in [0.25, 0.3) is 0 Å². The number of hydrogen-bond donors (Lipinski definition) is 0. The van der Waals surface area contributed by atoms with Crippen LogP contribution in [-0.4, -0.2) is 6.29 Å². The third-order valence-electron chi connectivity index (χ3n) is 5.03. The van der Waals surface area contributed by atoms with Crippen molar-refractivity contribution >= 4 is 6.29 Å². The molecular weight excluding hydrogens is 148 g/mol. The Balaban J connectivity index is 2.39. The molecule has 0 unspecified atom stereocenters. The van der Waals surface area contributed by atoms with Gasteiger partial charge in [0.15, 0.2) is 0 Å². The van der Waals surface area contributed by atoms with Gasteiger partial charge in [0.1, 0.15) is 6.29 Å². The maximum Gasteiger partial charge on any atom is 0.123 e. The summed E-state index contributed by atoms with van der Waals surface area (Å²) in [5, 5.41) is 0. The van der Waals surface area contributed by atoms with E-state index in [1.54, 1.807) is 0 Å². The summed E-state index contributed by atoms with van der Waals surface area (Å²) in [5.74, 6) is 1.14. The van der Waals surface area contributed by atoms with E-state index in [-0.39, 0.29) is 0 Å². The Morgan fingerprint density at radius 2 is 2.00 bits per heavy atom. The molecule has 0 spiro atoms. The first kappa shape index (κ1) is 8.28. The zero-order valence-corrected chi connectivity index (χ0v) is 8.26. The second-order valence-corrected chi connectivity index (χ2v) is 5.35. The molecule has 2 saturated carbocycles. The Morgan fingerprint density at radius 1 is 1.33 bits per heavy atom. The second kappa shape index (κ2) is 2.12. The van der Waals surface area contributed by atoms with Crippen LogP contribution in [0.5, 0.6) is 0 Å². The Morgan fingerprint density at radius 3 is 2.25 bits per heavy atom. The lowest BCUT2D eigenvalue weighted by molar-refractivity contribution is -0.115. The van der Waals surface area contributed by atoms with Gasteiger partial charge in [0.25, 0.3) is 0 Å². The van der Waals surface area contributed by atoms with E-state index in [1.807, 2.05) is 0 Å². The van der Waals surface area contributed by atoms with Gasteiger partial charge in [-0.1, -0.05) is 20.8 Å². The SMILES string of the molecule is CC1(C)[C@@H]2CC[C@@]1(C)[C@H](C=O)C2. The van der Waals surface area contributed by atoms with Crippen molar-refractivity contribution in [2.24, 2.45) is 22.7 Å². The fourth-order valence-electron chi connectivity index (χ4n) is 3.47. The van der Waals surface area contributed by atoms with Crippen molar-refractivity contribution in [1.82, 2.24) is 0 Å². The minimum Gasteiger partial charge on any atom is -0.303 e. The van der Waals surface area contributed by atoms with Crippen LogP contribution in [0.15, 0.2) is 0 Å². The maximum absolute atomic E-state index is 10.9. The lowest BCUT2D eigenvalue weighted by atomic mass is 9.67. The van der Waals surface area contributed by atoms with Gasteiger partial charge in [-0.3, -0.25) is 0 Å². The predicted octanol–water partition coefficient (Wildman–Crippen LogP) is 2.65. The van der Waals surface area contributed by atoms with E-state index in [4.69, 9.17) is 0 Å². The van der Waals surface area contributed by atoms with Gasteiger partial charge >= 0.3 is 0 Å². The van der Waals surface area contributed by atoms with E-state index < -0.39 is 0 Å². The summed E-state index contributed by atoms with van der Waals surface area (Å²) in [5.41, 5.74) is 0.706. The third-order valence-corrected chi connectivity index (χ3v) is 5.03. The monoisotopic (exact) mass is 166 g/mol. The molecule has 1 nitrogen and oxygen atoms in total. The molecule has 0 aromatic carbocycles. The molecule has 2 fully saturated rings. The first-order chi connectivity index (χ1) is 5.52. The predicted molar refractivity (Wildman–Crippen MR) is 48.8 cm³/mol. The molecule has 0 aromatic heterocycles. The molecule has 2 aliphatic carbocycles. The van der Waals surface area contributed by atoms with E-state index in [1.165, 1.54) is 19.1 Å². The minimum atomic E-state index is 0.305. The Kier molecular flexibility index (Phi) is 1.47. The minimum absolute atomic E-state index is 0.305. The van der Waals surface area contributed by atoms with Crippen molar-refractivity contribution < 1.29 is 4.79 Å². The number of carbonyl (C=O) groups is 1. The molecule has 0 aromatic rings. The molecule has 1 heteroatoms. The van der Waals surface area contributed by atoms with E-state index in [0.717, 1.165) is 12.3 Å². The van der Waals surface area contributed by atoms with Gasteiger partial charge in [0.2, 0.25) is 0 Å². The molecule has 68 valence electrons. The lowest BCUT2D eigenvalue weighted by Crippen LogP contribution is -2.32. The number of hydrogen-bond acceptors (Lipinski definition) is 1. The first-order valence-electron chi connectivity index (χ1n) is 4.97. The van der Waals surface area contributed by atoms with Crippen molar-refractivity contribution in [3.05, 3.63) is 0 Å². The topological polar surface area (TPSA) is 17.1 Å². The highest BCUT2D eigenvalue weighted by atomic mass is 16.1. The van der Waals surface area contributed by atoms with Crippen LogP contribution in [0.3, 0.4) is 0 Å². The first-order valence-corrected chi connectivity index (χ1v) is 4.97. The van der Waals surface area contributed by atoms with Crippen molar-refractivity contribution in [1.29, 1.82) is 0 Å². The van der Waals surface area contributed by atoms with Crippen molar-refractivity contribution in [2.45, 2.75) is 40.0 Å². The van der Waals surface area contributed by atoms with Crippen molar-refractivity contribution in [3.8, 4) is 0 Å². The molecule has 0 aliphatic heterocycles. The summed E-state index contributed by atoms with van der Waals surface area (Å²) in [4.78, 5) is 10.9. The summed E-state index contributed by atoms with van der Waals surface area (Å²) >= 11 is 0. The van der Waals surface area contributed by atoms with E-state index in [2.05, 4.69) is 20.8 Å². The number of rotatable bonds is 1. The lowest BCUT2D eigenvalue weighted by Gasteiger charge is -2.37. The number of fused-ring (bicyclic) bond motifs is 2. The van der Waals surface area contributed by atoms with E-state index >= 15 is 0 Å². The molecule has 12 heavy (non-hydrogen) atoms. The standard InChI is InChI=1S/C11H18O/c1-10(2)8-4-5-11(10,3)9(6-8)7-12/h7-9H,4-6H2,1-3H3/t8-,9+,11+/m1/s1. The zero-order chi connectivity index (χ0) is 8.98. The highest BCUT2D eigenvalue weighted by Gasteiger charge is 2.60. The summed E-state index contributed by atoms with van der Waals surface area (Å²) < 4.78 is 0. The normalized spacial score (nSPS) is 49.6. The fraction of sp³-hybridized carbons (Fsp3) is 0.909. The molecule has 0 radical (unpaired) electrons. The Hall–Kier alpha value is -0.330. The molecule has 2 aliphatic rings. The summed E-state index contributed by atoms with van der Waals surface area (Å²) in [6.45, 7) is 6.99. The van der Waals surface area contributed by atoms with Crippen molar-refractivity contribution in [3.63, 3.8) is 0 Å². The van der Waals surface area contributed by atoms with Gasteiger partial charge in [-0.15, -0.1) is 0 Å². The Bertz CT molecular complexity index is 219. The van der Waals surface area contributed by atoms with Crippen LogP contribution >= 0.6 is 0 Å². The van der Waals surface area contributed by atoms with E-state index in [0.29, 0.717) is 16.7 Å². The van der Waals surface area contributed by atoms with Crippen LogP contribution in [0.4, 0.5) is 0 Å². The highest BCUT2D eigenvalue weighted by molar-refractivity contribution is 5.57. The van der Waals surface area contributed by atoms with Gasteiger partial charge in [0.05, 0.1) is 0 Å². The van der Waals surface area contributed by atoms with Crippen LogP contribution in [0, 0.1) is 22.7 Å². The Labute approximate surface area is 74.5 Å². The second-order valence-electron chi connectivity index (χ2n) is 5.35. The molecule has 2 bridgehead atoms. The molecule has 2 rings (SSSR count). The average Bonchev–Trinajstić information content (AvgIpc) is 2.34. The smallest absolute Gasteiger partial charge is 0.123 e. The van der Waals surface area contributed by atoms with Crippen LogP contribution in [-0.2, 0) is 4.79 Å². The van der Waals surface area contributed by atoms with Crippen LogP contribution < -0.4 is 0 Å². The fourth-order valence-corrected chi connectivity index (χ4v) is 3.47. The molecular formula is C11H18O. The average molecular weight is 166 g/mol.